The number of benzene rings is 2. The van der Waals surface area contributed by atoms with Crippen LogP contribution >= 0.6 is 11.3 Å². The van der Waals surface area contributed by atoms with Crippen LogP contribution in [-0.4, -0.2) is 37.0 Å². The summed E-state index contributed by atoms with van der Waals surface area (Å²) < 4.78 is 10.5. The summed E-state index contributed by atoms with van der Waals surface area (Å²) in [5, 5.41) is 11.0. The maximum absolute atomic E-state index is 12.9. The smallest absolute Gasteiger partial charge is 0.325 e. The van der Waals surface area contributed by atoms with E-state index < -0.39 is 11.9 Å². The second-order valence-electron chi connectivity index (χ2n) is 6.76. The van der Waals surface area contributed by atoms with Gasteiger partial charge in [-0.1, -0.05) is 23.5 Å². The fourth-order valence-electron chi connectivity index (χ4n) is 2.92. The van der Waals surface area contributed by atoms with Crippen LogP contribution in [0.15, 0.2) is 42.5 Å². The van der Waals surface area contributed by atoms with E-state index in [0.29, 0.717) is 39.1 Å². The Morgan fingerprint density at radius 3 is 2.27 bits per heavy atom. The summed E-state index contributed by atoms with van der Waals surface area (Å²) in [5.74, 6) is 0.270. The van der Waals surface area contributed by atoms with Gasteiger partial charge in [0.15, 0.2) is 5.13 Å². The summed E-state index contributed by atoms with van der Waals surface area (Å²) in [6, 6.07) is 11.3. The van der Waals surface area contributed by atoms with Crippen molar-refractivity contribution in [1.29, 1.82) is 0 Å². The Morgan fingerprint density at radius 1 is 0.879 bits per heavy atom. The first kappa shape index (κ1) is 23.5. The normalized spacial score (nSPS) is 10.2. The van der Waals surface area contributed by atoms with Crippen LogP contribution in [0.3, 0.4) is 0 Å². The molecular formula is C22H23N5O5S. The van der Waals surface area contributed by atoms with Crippen molar-refractivity contribution >= 4 is 51.4 Å². The molecule has 10 nitrogen and oxygen atoms in total. The van der Waals surface area contributed by atoms with E-state index in [0.717, 1.165) is 11.3 Å². The minimum atomic E-state index is -0.523. The molecule has 0 fully saturated rings. The van der Waals surface area contributed by atoms with Crippen LogP contribution in [0.25, 0.3) is 0 Å². The number of hydrogen-bond donors (Lipinski definition) is 4. The lowest BCUT2D eigenvalue weighted by atomic mass is 10.2. The quantitative estimate of drug-likeness (QED) is 0.408. The molecule has 11 heteroatoms. The molecule has 0 unspecified atom stereocenters. The first-order valence-corrected chi connectivity index (χ1v) is 10.6. The van der Waals surface area contributed by atoms with Crippen LogP contribution in [0.2, 0.25) is 0 Å². The van der Waals surface area contributed by atoms with E-state index in [1.54, 1.807) is 49.4 Å². The van der Waals surface area contributed by atoms with Crippen molar-refractivity contribution < 1.29 is 23.9 Å². The first-order chi connectivity index (χ1) is 15.8. The number of carbonyl (C=O) groups excluding carboxylic acids is 3. The van der Waals surface area contributed by atoms with Crippen molar-refractivity contribution in [3.63, 3.8) is 0 Å². The molecule has 172 valence electrons. The Morgan fingerprint density at radius 2 is 1.58 bits per heavy atom. The summed E-state index contributed by atoms with van der Waals surface area (Å²) in [7, 11) is 2.98. The van der Waals surface area contributed by atoms with Gasteiger partial charge in [0, 0.05) is 12.6 Å². The van der Waals surface area contributed by atoms with Gasteiger partial charge in [0.05, 0.1) is 31.3 Å². The highest BCUT2D eigenvalue weighted by molar-refractivity contribution is 7.17. The minimum Gasteiger partial charge on any atom is -0.495 e. The van der Waals surface area contributed by atoms with Crippen LogP contribution < -0.4 is 30.7 Å². The zero-order chi connectivity index (χ0) is 24.0. The number of anilines is 4. The van der Waals surface area contributed by atoms with Crippen molar-refractivity contribution in [2.75, 3.05) is 35.5 Å². The van der Waals surface area contributed by atoms with E-state index in [9.17, 15) is 14.4 Å². The molecule has 0 aliphatic heterocycles. The van der Waals surface area contributed by atoms with Crippen molar-refractivity contribution in [2.45, 2.75) is 13.8 Å². The highest BCUT2D eigenvalue weighted by atomic mass is 32.1. The maximum atomic E-state index is 12.9. The van der Waals surface area contributed by atoms with Gasteiger partial charge in [0.1, 0.15) is 16.4 Å². The SMILES string of the molecule is COc1ccccc1NC(=O)Nc1nc(C)c(C(=O)Nc2cc(NC(C)=O)ccc2OC)s1. The van der Waals surface area contributed by atoms with E-state index in [4.69, 9.17) is 9.47 Å². The van der Waals surface area contributed by atoms with Crippen LogP contribution in [-0.2, 0) is 4.79 Å². The number of rotatable bonds is 7. The van der Waals surface area contributed by atoms with E-state index in [1.807, 2.05) is 0 Å². The van der Waals surface area contributed by atoms with Crippen molar-refractivity contribution in [3.8, 4) is 11.5 Å². The number of aryl methyl sites for hydroxylation is 1. The largest absolute Gasteiger partial charge is 0.495 e. The number of nitrogens with zero attached hydrogens (tertiary/aromatic N) is 1. The monoisotopic (exact) mass is 469 g/mol. The molecule has 3 aromatic rings. The van der Waals surface area contributed by atoms with Crippen molar-refractivity contribution in [1.82, 2.24) is 4.98 Å². The fourth-order valence-corrected chi connectivity index (χ4v) is 3.78. The number of para-hydroxylation sites is 2. The van der Waals surface area contributed by atoms with Gasteiger partial charge < -0.3 is 25.4 Å². The molecule has 0 saturated heterocycles. The molecule has 0 spiro atoms. The number of hydrogen-bond acceptors (Lipinski definition) is 7. The average molecular weight is 470 g/mol. The molecule has 0 radical (unpaired) electrons. The Labute approximate surface area is 194 Å². The van der Waals surface area contributed by atoms with Crippen LogP contribution in [0.1, 0.15) is 22.3 Å². The minimum absolute atomic E-state index is 0.238. The van der Waals surface area contributed by atoms with Gasteiger partial charge in [-0.05, 0) is 37.3 Å². The second kappa shape index (κ2) is 10.5. The third-order valence-electron chi connectivity index (χ3n) is 4.35. The Bertz CT molecular complexity index is 1190. The van der Waals surface area contributed by atoms with Crippen LogP contribution in [0.4, 0.5) is 27.0 Å². The summed E-state index contributed by atoms with van der Waals surface area (Å²) >= 11 is 1.03. The predicted octanol–water partition coefficient (Wildman–Crippen LogP) is 4.32. The molecular weight excluding hydrogens is 446 g/mol. The third-order valence-corrected chi connectivity index (χ3v) is 5.42. The van der Waals surface area contributed by atoms with Gasteiger partial charge >= 0.3 is 6.03 Å². The predicted molar refractivity (Wildman–Crippen MR) is 128 cm³/mol. The average Bonchev–Trinajstić information content (AvgIpc) is 3.13. The Balaban J connectivity index is 1.73. The Kier molecular flexibility index (Phi) is 7.46. The van der Waals surface area contributed by atoms with Crippen molar-refractivity contribution in [3.05, 3.63) is 53.0 Å². The molecule has 0 aliphatic carbocycles. The van der Waals surface area contributed by atoms with Gasteiger partial charge in [-0.25, -0.2) is 9.78 Å². The topological polar surface area (TPSA) is 131 Å². The van der Waals surface area contributed by atoms with Gasteiger partial charge in [-0.2, -0.15) is 0 Å². The summed E-state index contributed by atoms with van der Waals surface area (Å²) in [6.07, 6.45) is 0. The van der Waals surface area contributed by atoms with E-state index in [-0.39, 0.29) is 11.0 Å². The molecule has 2 aromatic carbocycles. The number of thiazole rings is 1. The molecule has 0 atom stereocenters. The molecule has 1 heterocycles. The van der Waals surface area contributed by atoms with Crippen LogP contribution in [0, 0.1) is 6.92 Å². The third kappa shape index (κ3) is 5.98. The lowest BCUT2D eigenvalue weighted by molar-refractivity contribution is -0.114. The van der Waals surface area contributed by atoms with Gasteiger partial charge in [-0.3, -0.25) is 14.9 Å². The molecule has 0 aliphatic rings. The number of nitrogens with one attached hydrogen (secondary N) is 4. The number of methoxy groups -OCH3 is 2. The van der Waals surface area contributed by atoms with Gasteiger partial charge in [-0.15, -0.1) is 0 Å². The molecule has 4 amide bonds. The van der Waals surface area contributed by atoms with Gasteiger partial charge in [0.2, 0.25) is 5.91 Å². The van der Waals surface area contributed by atoms with E-state index >= 15 is 0 Å². The fraction of sp³-hybridized carbons (Fsp3) is 0.182. The number of amides is 4. The summed E-state index contributed by atoms with van der Waals surface area (Å²) in [4.78, 5) is 41.2. The number of urea groups is 1. The lowest BCUT2D eigenvalue weighted by Gasteiger charge is -2.12. The molecule has 3 rings (SSSR count). The highest BCUT2D eigenvalue weighted by Gasteiger charge is 2.19. The first-order valence-electron chi connectivity index (χ1n) is 9.76. The van der Waals surface area contributed by atoms with Crippen molar-refractivity contribution in [2.24, 2.45) is 0 Å². The second-order valence-corrected chi connectivity index (χ2v) is 7.76. The number of carbonyl (C=O) groups is 3. The molecule has 4 N–H and O–H groups in total. The maximum Gasteiger partial charge on any atom is 0.325 e. The van der Waals surface area contributed by atoms with E-state index in [1.165, 1.54) is 21.1 Å². The lowest BCUT2D eigenvalue weighted by Crippen LogP contribution is -2.19. The summed E-state index contributed by atoms with van der Waals surface area (Å²) in [5.41, 5.74) is 1.83. The summed E-state index contributed by atoms with van der Waals surface area (Å²) in [6.45, 7) is 3.06. The van der Waals surface area contributed by atoms with Gasteiger partial charge in [0.25, 0.3) is 5.91 Å². The number of ether oxygens (including phenoxy) is 2. The molecule has 0 bridgehead atoms. The molecule has 1 aromatic heterocycles. The zero-order valence-electron chi connectivity index (χ0n) is 18.4. The number of aromatic nitrogens is 1. The Hall–Kier alpha value is -4.12. The zero-order valence-corrected chi connectivity index (χ0v) is 19.3. The van der Waals surface area contributed by atoms with E-state index in [2.05, 4.69) is 26.3 Å². The van der Waals surface area contributed by atoms with Crippen LogP contribution in [0.5, 0.6) is 11.5 Å². The molecule has 33 heavy (non-hydrogen) atoms. The highest BCUT2D eigenvalue weighted by Crippen LogP contribution is 2.30. The molecule has 0 saturated carbocycles. The standard InChI is InChI=1S/C22H23N5O5S/c1-12-19(20(29)25-16-11-14(24-13(2)28)9-10-18(16)32-4)33-22(23-12)27-21(30)26-15-7-5-6-8-17(15)31-3/h5-11H,1-4H3,(H,24,28)(H,25,29)(H2,23,26,27,30).